The standard InChI is InChI=1S/C16H22N2O4S/c1-22-16(19)17-10-7-13-5-6-15(11-14(13)12-17)23(20,21)18-8-3-2-4-9-18/h5-6,11H,2-4,7-10,12H2,1H3. The minimum Gasteiger partial charge on any atom is -0.453 e. The topological polar surface area (TPSA) is 66.9 Å². The van der Waals surface area contributed by atoms with E-state index in [-0.39, 0.29) is 6.09 Å². The number of piperidine rings is 1. The van der Waals surface area contributed by atoms with Gasteiger partial charge in [0.15, 0.2) is 0 Å². The summed E-state index contributed by atoms with van der Waals surface area (Å²) in [5, 5.41) is 0. The van der Waals surface area contributed by atoms with Crippen LogP contribution in [0.15, 0.2) is 23.1 Å². The van der Waals surface area contributed by atoms with Crippen LogP contribution < -0.4 is 0 Å². The molecule has 1 fully saturated rings. The van der Waals surface area contributed by atoms with Crippen molar-refractivity contribution in [2.45, 2.75) is 37.1 Å². The third kappa shape index (κ3) is 3.21. The zero-order chi connectivity index (χ0) is 16.4. The maximum atomic E-state index is 12.8. The molecule has 0 unspecified atom stereocenters. The largest absolute Gasteiger partial charge is 0.453 e. The molecule has 0 N–H and O–H groups in total. The molecule has 0 radical (unpaired) electrons. The van der Waals surface area contributed by atoms with Crippen LogP contribution in [0.5, 0.6) is 0 Å². The molecular weight excluding hydrogens is 316 g/mol. The lowest BCUT2D eigenvalue weighted by molar-refractivity contribution is 0.118. The third-order valence-electron chi connectivity index (χ3n) is 4.58. The average Bonchev–Trinajstić information content (AvgIpc) is 2.60. The number of ether oxygens (including phenoxy) is 1. The lowest BCUT2D eigenvalue weighted by Gasteiger charge is -2.29. The summed E-state index contributed by atoms with van der Waals surface area (Å²) in [6.07, 6.45) is 3.26. The van der Waals surface area contributed by atoms with E-state index in [0.29, 0.717) is 37.5 Å². The summed E-state index contributed by atoms with van der Waals surface area (Å²) in [5.41, 5.74) is 1.99. The van der Waals surface area contributed by atoms with Crippen molar-refractivity contribution in [3.8, 4) is 0 Å². The Morgan fingerprint density at radius 3 is 2.52 bits per heavy atom. The SMILES string of the molecule is COC(=O)N1CCc2ccc(S(=O)(=O)N3CCCCC3)cc2C1. The first kappa shape index (κ1) is 16.3. The molecule has 2 aliphatic rings. The van der Waals surface area contributed by atoms with Crippen LogP contribution in [-0.2, 0) is 27.7 Å². The number of fused-ring (bicyclic) bond motifs is 1. The second-order valence-electron chi connectivity index (χ2n) is 6.04. The Labute approximate surface area is 137 Å². The van der Waals surface area contributed by atoms with E-state index in [1.807, 2.05) is 6.07 Å². The highest BCUT2D eigenvalue weighted by Crippen LogP contribution is 2.26. The van der Waals surface area contributed by atoms with E-state index in [1.54, 1.807) is 21.3 Å². The number of rotatable bonds is 2. The summed E-state index contributed by atoms with van der Waals surface area (Å²) < 4.78 is 31.9. The van der Waals surface area contributed by atoms with Gasteiger partial charge in [0, 0.05) is 26.2 Å². The van der Waals surface area contributed by atoms with E-state index in [0.717, 1.165) is 30.4 Å². The van der Waals surface area contributed by atoms with Crippen molar-refractivity contribution in [1.82, 2.24) is 9.21 Å². The molecule has 2 aliphatic heterocycles. The smallest absolute Gasteiger partial charge is 0.409 e. The molecule has 1 amide bonds. The van der Waals surface area contributed by atoms with Gasteiger partial charge in [-0.15, -0.1) is 0 Å². The molecule has 0 spiro atoms. The van der Waals surface area contributed by atoms with E-state index in [9.17, 15) is 13.2 Å². The predicted molar refractivity (Wildman–Crippen MR) is 85.6 cm³/mol. The molecule has 1 aromatic rings. The van der Waals surface area contributed by atoms with Crippen molar-refractivity contribution >= 4 is 16.1 Å². The first-order valence-electron chi connectivity index (χ1n) is 7.97. The highest BCUT2D eigenvalue weighted by molar-refractivity contribution is 7.89. The van der Waals surface area contributed by atoms with E-state index in [1.165, 1.54) is 7.11 Å². The molecule has 2 heterocycles. The lowest BCUT2D eigenvalue weighted by Crippen LogP contribution is -2.37. The molecule has 1 saturated heterocycles. The summed E-state index contributed by atoms with van der Waals surface area (Å²) in [6, 6.07) is 5.28. The number of nitrogens with zero attached hydrogens (tertiary/aromatic N) is 2. The first-order chi connectivity index (χ1) is 11.0. The van der Waals surface area contributed by atoms with Crippen LogP contribution in [0.1, 0.15) is 30.4 Å². The number of hydrogen-bond acceptors (Lipinski definition) is 4. The molecule has 0 bridgehead atoms. The Hall–Kier alpha value is -1.60. The number of hydrogen-bond donors (Lipinski definition) is 0. The Bertz CT molecular complexity index is 696. The van der Waals surface area contributed by atoms with Gasteiger partial charge in [-0.3, -0.25) is 0 Å². The molecule has 0 aliphatic carbocycles. The van der Waals surface area contributed by atoms with E-state index >= 15 is 0 Å². The van der Waals surface area contributed by atoms with Gasteiger partial charge in [-0.1, -0.05) is 12.5 Å². The van der Waals surface area contributed by atoms with Crippen molar-refractivity contribution in [3.63, 3.8) is 0 Å². The zero-order valence-corrected chi connectivity index (χ0v) is 14.1. The van der Waals surface area contributed by atoms with Gasteiger partial charge in [0.1, 0.15) is 0 Å². The summed E-state index contributed by atoms with van der Waals surface area (Å²) in [7, 11) is -2.08. The maximum absolute atomic E-state index is 12.8. The molecule has 7 heteroatoms. The highest BCUT2D eigenvalue weighted by atomic mass is 32.2. The van der Waals surface area contributed by atoms with Gasteiger partial charge in [-0.25, -0.2) is 13.2 Å². The van der Waals surface area contributed by atoms with Gasteiger partial charge < -0.3 is 9.64 Å². The van der Waals surface area contributed by atoms with Crippen molar-refractivity contribution in [2.24, 2.45) is 0 Å². The van der Waals surface area contributed by atoms with Gasteiger partial charge >= 0.3 is 6.09 Å². The molecule has 23 heavy (non-hydrogen) atoms. The van der Waals surface area contributed by atoms with Crippen LogP contribution in [0.3, 0.4) is 0 Å². The van der Waals surface area contributed by atoms with Gasteiger partial charge in [0.05, 0.1) is 12.0 Å². The number of carbonyl (C=O) groups excluding carboxylic acids is 1. The Balaban J connectivity index is 1.87. The van der Waals surface area contributed by atoms with Gasteiger partial charge in [0.25, 0.3) is 0 Å². The zero-order valence-electron chi connectivity index (χ0n) is 13.3. The molecular formula is C16H22N2O4S. The number of carbonyl (C=O) groups is 1. The van der Waals surface area contributed by atoms with Crippen molar-refractivity contribution < 1.29 is 17.9 Å². The fraction of sp³-hybridized carbons (Fsp3) is 0.562. The summed E-state index contributed by atoms with van der Waals surface area (Å²) in [6.45, 7) is 2.17. The van der Waals surface area contributed by atoms with Crippen LogP contribution in [0.25, 0.3) is 0 Å². The van der Waals surface area contributed by atoms with E-state index < -0.39 is 10.0 Å². The van der Waals surface area contributed by atoms with Gasteiger partial charge in [-0.2, -0.15) is 4.31 Å². The van der Waals surface area contributed by atoms with Crippen molar-refractivity contribution in [1.29, 1.82) is 0 Å². The molecule has 6 nitrogen and oxygen atoms in total. The second-order valence-corrected chi connectivity index (χ2v) is 7.97. The Kier molecular flexibility index (Phi) is 4.59. The quantitative estimate of drug-likeness (QED) is 0.827. The molecule has 0 atom stereocenters. The number of amides is 1. The summed E-state index contributed by atoms with van der Waals surface area (Å²) in [4.78, 5) is 13.6. The number of benzene rings is 1. The van der Waals surface area contributed by atoms with Crippen molar-refractivity contribution in [2.75, 3.05) is 26.7 Å². The fourth-order valence-corrected chi connectivity index (χ4v) is 4.80. The van der Waals surface area contributed by atoms with E-state index in [4.69, 9.17) is 4.74 Å². The Morgan fingerprint density at radius 1 is 1.09 bits per heavy atom. The minimum atomic E-state index is -3.44. The van der Waals surface area contributed by atoms with Gasteiger partial charge in [-0.05, 0) is 42.5 Å². The molecule has 0 aromatic heterocycles. The van der Waals surface area contributed by atoms with Crippen LogP contribution in [0, 0.1) is 0 Å². The van der Waals surface area contributed by atoms with Crippen LogP contribution in [0.2, 0.25) is 0 Å². The van der Waals surface area contributed by atoms with Crippen LogP contribution in [0.4, 0.5) is 4.79 Å². The average molecular weight is 338 g/mol. The molecule has 126 valence electrons. The highest BCUT2D eigenvalue weighted by Gasteiger charge is 2.28. The van der Waals surface area contributed by atoms with Crippen LogP contribution >= 0.6 is 0 Å². The monoisotopic (exact) mass is 338 g/mol. The summed E-state index contributed by atoms with van der Waals surface area (Å²) in [5.74, 6) is 0. The minimum absolute atomic E-state index is 0.324. The lowest BCUT2D eigenvalue weighted by atomic mass is 10.0. The third-order valence-corrected chi connectivity index (χ3v) is 6.47. The van der Waals surface area contributed by atoms with Gasteiger partial charge in [0.2, 0.25) is 10.0 Å². The fourth-order valence-electron chi connectivity index (χ4n) is 3.23. The van der Waals surface area contributed by atoms with E-state index in [2.05, 4.69) is 0 Å². The predicted octanol–water partition coefficient (Wildman–Crippen LogP) is 1.99. The number of methoxy groups -OCH3 is 1. The first-order valence-corrected chi connectivity index (χ1v) is 9.41. The van der Waals surface area contributed by atoms with Crippen molar-refractivity contribution in [3.05, 3.63) is 29.3 Å². The second kappa shape index (κ2) is 6.49. The maximum Gasteiger partial charge on any atom is 0.409 e. The normalized spacial score (nSPS) is 19.3. The molecule has 3 rings (SSSR count). The van der Waals surface area contributed by atoms with Crippen LogP contribution in [-0.4, -0.2) is 50.5 Å². The summed E-state index contributed by atoms with van der Waals surface area (Å²) >= 11 is 0. The molecule has 1 aromatic carbocycles. The Morgan fingerprint density at radius 2 is 1.83 bits per heavy atom. The number of sulfonamides is 1. The molecule has 0 saturated carbocycles.